The van der Waals surface area contributed by atoms with Gasteiger partial charge in [-0.2, -0.15) is 0 Å². The summed E-state index contributed by atoms with van der Waals surface area (Å²) in [5.74, 6) is -0.956. The van der Waals surface area contributed by atoms with Crippen LogP contribution in [0, 0.1) is 0 Å². The molecule has 7 heteroatoms. The molecule has 1 heterocycles. The maximum absolute atomic E-state index is 12.7. The van der Waals surface area contributed by atoms with Crippen molar-refractivity contribution in [2.45, 2.75) is 57.7 Å². The second-order valence-electron chi connectivity index (χ2n) is 7.70. The van der Waals surface area contributed by atoms with Gasteiger partial charge in [-0.1, -0.05) is 54.6 Å². The van der Waals surface area contributed by atoms with Gasteiger partial charge >= 0.3 is 5.97 Å². The van der Waals surface area contributed by atoms with Crippen molar-refractivity contribution < 1.29 is 9.90 Å². The van der Waals surface area contributed by atoms with Gasteiger partial charge in [0.1, 0.15) is 5.02 Å². The van der Waals surface area contributed by atoms with Crippen molar-refractivity contribution in [1.82, 2.24) is 9.47 Å². The maximum atomic E-state index is 12.7. The van der Waals surface area contributed by atoms with Crippen molar-refractivity contribution in [3.63, 3.8) is 0 Å². The SMILES string of the molecule is CN(Cc1c(Cl)cc(Cl)c(=O)n1CCc1ccc(C(=O)O)cc1)C1CCCCC1. The van der Waals surface area contributed by atoms with E-state index in [1.54, 1.807) is 28.8 Å². The van der Waals surface area contributed by atoms with Crippen LogP contribution in [0.1, 0.15) is 53.7 Å². The number of aromatic nitrogens is 1. The fraction of sp³-hybridized carbons (Fsp3) is 0.455. The maximum Gasteiger partial charge on any atom is 0.335 e. The highest BCUT2D eigenvalue weighted by atomic mass is 35.5. The topological polar surface area (TPSA) is 62.5 Å². The summed E-state index contributed by atoms with van der Waals surface area (Å²) in [7, 11) is 2.08. The Hall–Kier alpha value is -1.82. The largest absolute Gasteiger partial charge is 0.478 e. The molecule has 0 unspecified atom stereocenters. The third kappa shape index (κ3) is 5.41. The van der Waals surface area contributed by atoms with Crippen LogP contribution in [0.5, 0.6) is 0 Å². The quantitative estimate of drug-likeness (QED) is 0.672. The summed E-state index contributed by atoms with van der Waals surface area (Å²) in [5, 5.41) is 9.64. The smallest absolute Gasteiger partial charge is 0.335 e. The molecule has 0 aliphatic heterocycles. The van der Waals surface area contributed by atoms with E-state index < -0.39 is 5.97 Å². The van der Waals surface area contributed by atoms with Crippen molar-refractivity contribution in [2.24, 2.45) is 0 Å². The first-order chi connectivity index (χ1) is 13.9. The lowest BCUT2D eigenvalue weighted by Crippen LogP contribution is -2.36. The molecule has 1 aromatic heterocycles. The van der Waals surface area contributed by atoms with E-state index in [1.807, 2.05) is 0 Å². The Labute approximate surface area is 180 Å². The van der Waals surface area contributed by atoms with Crippen LogP contribution in [0.3, 0.4) is 0 Å². The van der Waals surface area contributed by atoms with Crippen molar-refractivity contribution >= 4 is 29.2 Å². The lowest BCUT2D eigenvalue weighted by molar-refractivity contribution is 0.0697. The van der Waals surface area contributed by atoms with Crippen LogP contribution < -0.4 is 5.56 Å². The molecule has 0 amide bonds. The zero-order valence-corrected chi connectivity index (χ0v) is 18.0. The molecule has 29 heavy (non-hydrogen) atoms. The predicted molar refractivity (Wildman–Crippen MR) is 116 cm³/mol. The second-order valence-corrected chi connectivity index (χ2v) is 8.52. The van der Waals surface area contributed by atoms with Crippen LogP contribution in [0.2, 0.25) is 10.0 Å². The highest BCUT2D eigenvalue weighted by molar-refractivity contribution is 6.34. The predicted octanol–water partition coefficient (Wildman–Crippen LogP) is 4.86. The van der Waals surface area contributed by atoms with Crippen LogP contribution in [0.25, 0.3) is 0 Å². The summed E-state index contributed by atoms with van der Waals surface area (Å²) in [6.45, 7) is 1.02. The molecule has 156 valence electrons. The lowest BCUT2D eigenvalue weighted by Gasteiger charge is -2.32. The number of benzene rings is 1. The number of hydrogen-bond acceptors (Lipinski definition) is 3. The molecule has 3 rings (SSSR count). The number of carboxylic acids is 1. The van der Waals surface area contributed by atoms with E-state index in [0.29, 0.717) is 30.6 Å². The average molecular weight is 437 g/mol. The van der Waals surface area contributed by atoms with Gasteiger partial charge in [-0.25, -0.2) is 4.79 Å². The van der Waals surface area contributed by atoms with Gasteiger partial charge in [0.2, 0.25) is 0 Å². The molecular weight excluding hydrogens is 411 g/mol. The summed E-state index contributed by atoms with van der Waals surface area (Å²) in [5.41, 5.74) is 1.72. The molecule has 2 aromatic rings. The van der Waals surface area contributed by atoms with Crippen molar-refractivity contribution in [3.05, 3.63) is 67.6 Å². The molecule has 1 fully saturated rings. The fourth-order valence-corrected chi connectivity index (χ4v) is 4.51. The monoisotopic (exact) mass is 436 g/mol. The van der Waals surface area contributed by atoms with Gasteiger partial charge in [0.15, 0.2) is 0 Å². The van der Waals surface area contributed by atoms with Crippen LogP contribution in [-0.2, 0) is 19.5 Å². The Kier molecular flexibility index (Phi) is 7.38. The van der Waals surface area contributed by atoms with Gasteiger partial charge in [0.05, 0.1) is 16.3 Å². The summed E-state index contributed by atoms with van der Waals surface area (Å²) < 4.78 is 1.66. The second kappa shape index (κ2) is 9.79. The van der Waals surface area contributed by atoms with Crippen molar-refractivity contribution in [3.8, 4) is 0 Å². The highest BCUT2D eigenvalue weighted by Gasteiger charge is 2.21. The van der Waals surface area contributed by atoms with Gasteiger partial charge in [-0.15, -0.1) is 0 Å². The van der Waals surface area contributed by atoms with Gasteiger partial charge in [-0.3, -0.25) is 9.69 Å². The van der Waals surface area contributed by atoms with Crippen LogP contribution in [0.4, 0.5) is 0 Å². The molecule has 1 aromatic carbocycles. The Morgan fingerprint density at radius 3 is 2.41 bits per heavy atom. The zero-order valence-electron chi connectivity index (χ0n) is 16.5. The Morgan fingerprint density at radius 1 is 1.14 bits per heavy atom. The van der Waals surface area contributed by atoms with Gasteiger partial charge in [0, 0.05) is 19.1 Å². The zero-order chi connectivity index (χ0) is 21.0. The number of aryl methyl sites for hydroxylation is 1. The first-order valence-corrected chi connectivity index (χ1v) is 10.7. The minimum atomic E-state index is -0.956. The molecule has 1 N–H and O–H groups in total. The normalized spacial score (nSPS) is 15.0. The fourth-order valence-electron chi connectivity index (χ4n) is 3.98. The molecular formula is C22H26Cl2N2O3. The van der Waals surface area contributed by atoms with E-state index in [4.69, 9.17) is 28.3 Å². The molecule has 1 aliphatic carbocycles. The summed E-state index contributed by atoms with van der Waals surface area (Å²) >= 11 is 12.6. The van der Waals surface area contributed by atoms with E-state index in [9.17, 15) is 9.59 Å². The molecule has 0 atom stereocenters. The molecule has 0 spiro atoms. The van der Waals surface area contributed by atoms with Crippen molar-refractivity contribution in [1.29, 1.82) is 0 Å². The number of rotatable bonds is 7. The number of carbonyl (C=O) groups is 1. The van der Waals surface area contributed by atoms with Gasteiger partial charge < -0.3 is 9.67 Å². The van der Waals surface area contributed by atoms with Crippen LogP contribution >= 0.6 is 23.2 Å². The number of nitrogens with zero attached hydrogens (tertiary/aromatic N) is 2. The van der Waals surface area contributed by atoms with E-state index in [2.05, 4.69) is 11.9 Å². The van der Waals surface area contributed by atoms with Crippen molar-refractivity contribution in [2.75, 3.05) is 7.05 Å². The van der Waals surface area contributed by atoms with Crippen LogP contribution in [0.15, 0.2) is 35.1 Å². The molecule has 0 radical (unpaired) electrons. The lowest BCUT2D eigenvalue weighted by atomic mass is 9.94. The number of aromatic carboxylic acids is 1. The van der Waals surface area contributed by atoms with E-state index in [1.165, 1.54) is 38.2 Å². The minimum Gasteiger partial charge on any atom is -0.478 e. The van der Waals surface area contributed by atoms with Gasteiger partial charge in [-0.05, 0) is 50.1 Å². The standard InChI is InChI=1S/C22H26Cl2N2O3/c1-25(17-5-3-2-4-6-17)14-20-18(23)13-19(24)21(27)26(20)12-11-15-7-9-16(10-8-15)22(28)29/h7-10,13,17H,2-6,11-12,14H2,1H3,(H,28,29). The minimum absolute atomic E-state index is 0.111. The summed E-state index contributed by atoms with van der Waals surface area (Å²) in [4.78, 5) is 26.0. The van der Waals surface area contributed by atoms with Gasteiger partial charge in [0.25, 0.3) is 5.56 Å². The summed E-state index contributed by atoms with van der Waals surface area (Å²) in [6.07, 6.45) is 6.68. The number of pyridine rings is 1. The molecule has 0 bridgehead atoms. The Bertz CT molecular complexity index is 919. The average Bonchev–Trinajstić information content (AvgIpc) is 2.72. The van der Waals surface area contributed by atoms with E-state index >= 15 is 0 Å². The van der Waals surface area contributed by atoms with Crippen LogP contribution in [-0.4, -0.2) is 33.6 Å². The Morgan fingerprint density at radius 2 is 1.79 bits per heavy atom. The number of halogens is 2. The molecule has 1 aliphatic rings. The number of hydrogen-bond donors (Lipinski definition) is 1. The van der Waals surface area contributed by atoms with E-state index in [0.717, 1.165) is 11.3 Å². The van der Waals surface area contributed by atoms with E-state index in [-0.39, 0.29) is 16.1 Å². The first-order valence-electron chi connectivity index (χ1n) is 9.97. The third-order valence-electron chi connectivity index (χ3n) is 5.73. The highest BCUT2D eigenvalue weighted by Crippen LogP contribution is 2.25. The molecule has 5 nitrogen and oxygen atoms in total. The summed E-state index contributed by atoms with van der Waals surface area (Å²) in [6, 6.07) is 8.73. The molecule has 0 saturated heterocycles. The first kappa shape index (κ1) is 21.9. The number of carboxylic acid groups (broad SMARTS) is 1. The Balaban J connectivity index is 1.80. The third-order valence-corrected chi connectivity index (χ3v) is 6.32. The molecule has 1 saturated carbocycles.